The molecule has 1 saturated carbocycles. The van der Waals surface area contributed by atoms with E-state index in [1.165, 1.54) is 12.8 Å². The zero-order valence-electron chi connectivity index (χ0n) is 14.5. The zero-order chi connectivity index (χ0) is 17.3. The van der Waals surface area contributed by atoms with Gasteiger partial charge in [0.2, 0.25) is 10.0 Å². The van der Waals surface area contributed by atoms with Crippen molar-refractivity contribution in [3.05, 3.63) is 22.8 Å². The van der Waals surface area contributed by atoms with Crippen LogP contribution < -0.4 is 4.72 Å². The summed E-state index contributed by atoms with van der Waals surface area (Å²) in [6.07, 6.45) is 6.48. The average molecular weight is 368 g/mol. The molecule has 0 aromatic carbocycles. The van der Waals surface area contributed by atoms with Gasteiger partial charge in [-0.25, -0.2) is 18.1 Å². The van der Waals surface area contributed by atoms with Crippen molar-refractivity contribution in [1.82, 2.24) is 14.3 Å². The molecule has 0 aliphatic heterocycles. The number of nitrogens with zero attached hydrogens (tertiary/aromatic N) is 2. The minimum Gasteiger partial charge on any atom is -0.345 e. The third-order valence-corrected chi connectivity index (χ3v) is 7.41. The third kappa shape index (κ3) is 3.58. The van der Waals surface area contributed by atoms with Crippen molar-refractivity contribution >= 4 is 21.4 Å². The number of hydrogen-bond donors (Lipinski definition) is 1. The highest BCUT2D eigenvalue weighted by atomic mass is 32.2. The van der Waals surface area contributed by atoms with Crippen molar-refractivity contribution in [2.75, 3.05) is 0 Å². The predicted molar refractivity (Wildman–Crippen MR) is 97.8 cm³/mol. The molecule has 1 fully saturated rings. The van der Waals surface area contributed by atoms with Gasteiger partial charge >= 0.3 is 0 Å². The molecule has 0 atom stereocenters. The van der Waals surface area contributed by atoms with Gasteiger partial charge in [-0.3, -0.25) is 0 Å². The summed E-state index contributed by atoms with van der Waals surface area (Å²) in [5, 5.41) is 2.84. The quantitative estimate of drug-likeness (QED) is 0.837. The molecule has 0 spiro atoms. The van der Waals surface area contributed by atoms with Crippen molar-refractivity contribution in [2.45, 2.75) is 63.3 Å². The fraction of sp³-hybridized carbons (Fsp3) is 0.588. The summed E-state index contributed by atoms with van der Waals surface area (Å²) < 4.78 is 30.6. The summed E-state index contributed by atoms with van der Waals surface area (Å²) in [5.41, 5.74) is 2.56. The molecule has 0 amide bonds. The summed E-state index contributed by atoms with van der Waals surface area (Å²) in [6, 6.07) is 1.81. The second-order valence-electron chi connectivity index (χ2n) is 6.64. The van der Waals surface area contributed by atoms with Crippen molar-refractivity contribution < 1.29 is 8.42 Å². The largest absolute Gasteiger partial charge is 0.345 e. The van der Waals surface area contributed by atoms with E-state index >= 15 is 0 Å². The summed E-state index contributed by atoms with van der Waals surface area (Å²) in [4.78, 5) is 4.86. The van der Waals surface area contributed by atoms with Crippen molar-refractivity contribution in [2.24, 2.45) is 7.05 Å². The first-order chi connectivity index (χ1) is 11.4. The van der Waals surface area contributed by atoms with E-state index in [2.05, 4.69) is 9.71 Å². The minimum absolute atomic E-state index is 0.0580. The summed E-state index contributed by atoms with van der Waals surface area (Å²) in [7, 11) is -1.61. The first-order valence-corrected chi connectivity index (χ1v) is 10.9. The molecule has 24 heavy (non-hydrogen) atoms. The Morgan fingerprint density at radius 3 is 2.46 bits per heavy atom. The fourth-order valence-electron chi connectivity index (χ4n) is 3.30. The second kappa shape index (κ2) is 6.98. The van der Waals surface area contributed by atoms with Crippen LogP contribution in [0.3, 0.4) is 0 Å². The van der Waals surface area contributed by atoms with E-state index in [1.807, 2.05) is 30.8 Å². The van der Waals surface area contributed by atoms with Gasteiger partial charge in [0.1, 0.15) is 9.90 Å². The van der Waals surface area contributed by atoms with Crippen molar-refractivity contribution in [3.63, 3.8) is 0 Å². The molecule has 7 heteroatoms. The molecular weight excluding hydrogens is 342 g/mol. The van der Waals surface area contributed by atoms with E-state index < -0.39 is 10.0 Å². The van der Waals surface area contributed by atoms with Crippen LogP contribution in [0.25, 0.3) is 10.7 Å². The highest BCUT2D eigenvalue weighted by Gasteiger charge is 2.26. The van der Waals surface area contributed by atoms with Crippen molar-refractivity contribution in [3.8, 4) is 10.7 Å². The molecule has 5 nitrogen and oxygen atoms in total. The standard InChI is InChI=1S/C17H25N3O2S2/c1-12-11-23-17(18-12)15-10-16(13(2)20(15)3)24(21,22)19-14-8-6-4-5-7-9-14/h10-11,14,19H,4-9H2,1-3H3. The maximum atomic E-state index is 12.9. The lowest BCUT2D eigenvalue weighted by Gasteiger charge is -2.16. The van der Waals surface area contributed by atoms with Crippen LogP contribution in [0.5, 0.6) is 0 Å². The van der Waals surface area contributed by atoms with E-state index in [9.17, 15) is 8.42 Å². The van der Waals surface area contributed by atoms with E-state index in [4.69, 9.17) is 0 Å². The number of nitrogens with one attached hydrogen (secondary N) is 1. The summed E-state index contributed by atoms with van der Waals surface area (Å²) in [5.74, 6) is 0. The molecule has 0 radical (unpaired) electrons. The van der Waals surface area contributed by atoms with Gasteiger partial charge in [0.05, 0.1) is 5.69 Å². The lowest BCUT2D eigenvalue weighted by molar-refractivity contribution is 0.509. The number of sulfonamides is 1. The van der Waals surface area contributed by atoms with Gasteiger partial charge in [-0.2, -0.15) is 0 Å². The Morgan fingerprint density at radius 2 is 1.88 bits per heavy atom. The van der Waals surface area contributed by atoms with Gasteiger partial charge in [-0.05, 0) is 32.8 Å². The van der Waals surface area contributed by atoms with Gasteiger partial charge in [0.25, 0.3) is 0 Å². The molecule has 2 aromatic heterocycles. The highest BCUT2D eigenvalue weighted by Crippen LogP contribution is 2.30. The minimum atomic E-state index is -3.50. The van der Waals surface area contributed by atoms with Crippen LogP contribution in [0.4, 0.5) is 0 Å². The maximum Gasteiger partial charge on any atom is 0.242 e. The molecule has 0 bridgehead atoms. The smallest absolute Gasteiger partial charge is 0.242 e. The topological polar surface area (TPSA) is 64.0 Å². The summed E-state index contributed by atoms with van der Waals surface area (Å²) in [6.45, 7) is 3.80. The van der Waals surface area contributed by atoms with Crippen LogP contribution in [0.15, 0.2) is 16.3 Å². The SMILES string of the molecule is Cc1csc(-c2cc(S(=O)(=O)NC3CCCCCC3)c(C)n2C)n1. The fourth-order valence-corrected chi connectivity index (χ4v) is 5.74. The molecule has 1 N–H and O–H groups in total. The first kappa shape index (κ1) is 17.6. The molecule has 2 heterocycles. The van der Waals surface area contributed by atoms with Gasteiger partial charge in [0, 0.05) is 29.9 Å². The van der Waals surface area contributed by atoms with E-state index in [1.54, 1.807) is 17.4 Å². The third-order valence-electron chi connectivity index (χ3n) is 4.79. The van der Waals surface area contributed by atoms with Crippen LogP contribution in [0.1, 0.15) is 49.9 Å². The van der Waals surface area contributed by atoms with E-state index in [-0.39, 0.29) is 6.04 Å². The molecule has 2 aromatic rings. The Labute approximate surface area is 148 Å². The number of rotatable bonds is 4. The van der Waals surface area contributed by atoms with Gasteiger partial charge in [-0.15, -0.1) is 11.3 Å². The number of aromatic nitrogens is 2. The highest BCUT2D eigenvalue weighted by molar-refractivity contribution is 7.89. The zero-order valence-corrected chi connectivity index (χ0v) is 16.1. The molecule has 3 rings (SSSR count). The van der Waals surface area contributed by atoms with Gasteiger partial charge in [-0.1, -0.05) is 25.7 Å². The molecular formula is C17H25N3O2S2. The number of hydrogen-bond acceptors (Lipinski definition) is 4. The molecule has 0 saturated heterocycles. The van der Waals surface area contributed by atoms with Crippen LogP contribution >= 0.6 is 11.3 Å². The maximum absolute atomic E-state index is 12.9. The molecule has 1 aliphatic rings. The van der Waals surface area contributed by atoms with Crippen LogP contribution in [0.2, 0.25) is 0 Å². The average Bonchev–Trinajstić information content (AvgIpc) is 2.96. The van der Waals surface area contributed by atoms with Crippen molar-refractivity contribution in [1.29, 1.82) is 0 Å². The molecule has 1 aliphatic carbocycles. The summed E-state index contributed by atoms with van der Waals surface area (Å²) >= 11 is 1.54. The van der Waals surface area contributed by atoms with E-state index in [0.717, 1.165) is 47.8 Å². The van der Waals surface area contributed by atoms with Crippen LogP contribution in [-0.4, -0.2) is 24.0 Å². The second-order valence-corrected chi connectivity index (χ2v) is 9.18. The molecule has 0 unspecified atom stereocenters. The number of thiazole rings is 1. The Morgan fingerprint density at radius 1 is 1.21 bits per heavy atom. The lowest BCUT2D eigenvalue weighted by Crippen LogP contribution is -2.34. The van der Waals surface area contributed by atoms with Crippen LogP contribution in [0, 0.1) is 13.8 Å². The lowest BCUT2D eigenvalue weighted by atomic mass is 10.1. The Bertz CT molecular complexity index is 813. The normalized spacial score (nSPS) is 17.1. The van der Waals surface area contributed by atoms with E-state index in [0.29, 0.717) is 4.90 Å². The Balaban J connectivity index is 1.90. The molecule has 132 valence electrons. The predicted octanol–water partition coefficient (Wildman–Crippen LogP) is 3.77. The van der Waals surface area contributed by atoms with Gasteiger partial charge in [0.15, 0.2) is 0 Å². The Kier molecular flexibility index (Phi) is 5.13. The number of aryl methyl sites for hydroxylation is 1. The van der Waals surface area contributed by atoms with Gasteiger partial charge < -0.3 is 4.57 Å². The van der Waals surface area contributed by atoms with Crippen LogP contribution in [-0.2, 0) is 17.1 Å². The Hall–Kier alpha value is -1.18. The first-order valence-electron chi connectivity index (χ1n) is 8.49. The monoisotopic (exact) mass is 367 g/mol.